The van der Waals surface area contributed by atoms with Gasteiger partial charge < -0.3 is 15.8 Å². The van der Waals surface area contributed by atoms with Crippen LogP contribution in [0.5, 0.6) is 5.75 Å². The molecule has 3 N–H and O–H groups in total. The number of rotatable bonds is 6. The summed E-state index contributed by atoms with van der Waals surface area (Å²) >= 11 is 0. The molecule has 0 bridgehead atoms. The molecule has 2 rings (SSSR count). The number of hydrogen-bond acceptors (Lipinski definition) is 4. The van der Waals surface area contributed by atoms with Crippen molar-refractivity contribution in [3.05, 3.63) is 41.8 Å². The standard InChI is InChI=1S/C14H17FN4O2/c1-10-8-13(16)19(18-10)9-14(20)17-6-7-21-12-4-2-11(15)3-5-12/h2-5,8H,6-7,9,16H2,1H3,(H,17,20). The highest BCUT2D eigenvalue weighted by atomic mass is 19.1. The van der Waals surface area contributed by atoms with Crippen LogP contribution in [0.25, 0.3) is 0 Å². The number of ether oxygens (including phenoxy) is 1. The molecule has 0 aliphatic heterocycles. The van der Waals surface area contributed by atoms with Crippen molar-refractivity contribution in [3.63, 3.8) is 0 Å². The van der Waals surface area contributed by atoms with Crippen molar-refractivity contribution in [2.45, 2.75) is 13.5 Å². The maximum absolute atomic E-state index is 12.7. The van der Waals surface area contributed by atoms with Gasteiger partial charge in [-0.25, -0.2) is 9.07 Å². The van der Waals surface area contributed by atoms with Crippen molar-refractivity contribution in [2.24, 2.45) is 0 Å². The topological polar surface area (TPSA) is 82.2 Å². The van der Waals surface area contributed by atoms with E-state index in [-0.39, 0.29) is 18.3 Å². The first kappa shape index (κ1) is 14.8. The lowest BCUT2D eigenvalue weighted by Crippen LogP contribution is -2.31. The lowest BCUT2D eigenvalue weighted by molar-refractivity contribution is -0.121. The van der Waals surface area contributed by atoms with E-state index in [0.717, 1.165) is 5.69 Å². The summed E-state index contributed by atoms with van der Waals surface area (Å²) in [5.74, 6) is 0.484. The van der Waals surface area contributed by atoms with Crippen LogP contribution in [-0.2, 0) is 11.3 Å². The van der Waals surface area contributed by atoms with Crippen molar-refractivity contribution >= 4 is 11.7 Å². The monoisotopic (exact) mass is 292 g/mol. The van der Waals surface area contributed by atoms with Gasteiger partial charge in [-0.15, -0.1) is 0 Å². The first-order valence-electron chi connectivity index (χ1n) is 6.49. The third kappa shape index (κ3) is 4.48. The van der Waals surface area contributed by atoms with Crippen LogP contribution in [0.15, 0.2) is 30.3 Å². The van der Waals surface area contributed by atoms with E-state index in [2.05, 4.69) is 10.4 Å². The maximum atomic E-state index is 12.7. The average molecular weight is 292 g/mol. The fraction of sp³-hybridized carbons (Fsp3) is 0.286. The summed E-state index contributed by atoms with van der Waals surface area (Å²) in [6, 6.07) is 7.40. The molecule has 6 nitrogen and oxygen atoms in total. The number of nitrogens with two attached hydrogens (primary N) is 1. The van der Waals surface area contributed by atoms with Gasteiger partial charge in [0.25, 0.3) is 0 Å². The number of halogens is 1. The number of carbonyl (C=O) groups excluding carboxylic acids is 1. The van der Waals surface area contributed by atoms with E-state index in [1.165, 1.54) is 28.9 Å². The molecule has 0 aliphatic rings. The summed E-state index contributed by atoms with van der Waals surface area (Å²) in [5, 5.41) is 6.79. The highest BCUT2D eigenvalue weighted by Gasteiger charge is 2.07. The minimum Gasteiger partial charge on any atom is -0.492 e. The first-order valence-corrected chi connectivity index (χ1v) is 6.49. The SMILES string of the molecule is Cc1cc(N)n(CC(=O)NCCOc2ccc(F)cc2)n1. The van der Waals surface area contributed by atoms with Crippen LogP contribution in [-0.4, -0.2) is 28.8 Å². The van der Waals surface area contributed by atoms with Gasteiger partial charge >= 0.3 is 0 Å². The summed E-state index contributed by atoms with van der Waals surface area (Å²) in [6.45, 7) is 2.51. The molecule has 7 heteroatoms. The fourth-order valence-electron chi connectivity index (χ4n) is 1.77. The molecule has 2 aromatic rings. The highest BCUT2D eigenvalue weighted by Crippen LogP contribution is 2.10. The van der Waals surface area contributed by atoms with E-state index in [0.29, 0.717) is 24.7 Å². The summed E-state index contributed by atoms with van der Waals surface area (Å²) in [4.78, 5) is 11.7. The molecule has 0 atom stereocenters. The molecule has 1 heterocycles. The van der Waals surface area contributed by atoms with E-state index in [9.17, 15) is 9.18 Å². The third-order valence-corrected chi connectivity index (χ3v) is 2.73. The minimum atomic E-state index is -0.317. The summed E-state index contributed by atoms with van der Waals surface area (Å²) in [6.07, 6.45) is 0. The van der Waals surface area contributed by atoms with Gasteiger partial charge in [-0.05, 0) is 31.2 Å². The summed E-state index contributed by atoms with van der Waals surface area (Å²) < 4.78 is 19.5. The molecule has 21 heavy (non-hydrogen) atoms. The highest BCUT2D eigenvalue weighted by molar-refractivity contribution is 5.76. The van der Waals surface area contributed by atoms with E-state index < -0.39 is 0 Å². The normalized spacial score (nSPS) is 10.4. The lowest BCUT2D eigenvalue weighted by Gasteiger charge is -2.08. The van der Waals surface area contributed by atoms with Crippen molar-refractivity contribution < 1.29 is 13.9 Å². The van der Waals surface area contributed by atoms with Gasteiger partial charge in [0.1, 0.15) is 30.5 Å². The second-order valence-corrected chi connectivity index (χ2v) is 4.52. The summed E-state index contributed by atoms with van der Waals surface area (Å²) in [7, 11) is 0. The Hall–Kier alpha value is -2.57. The van der Waals surface area contributed by atoms with Gasteiger partial charge in [-0.1, -0.05) is 0 Å². The molecule has 0 aliphatic carbocycles. The van der Waals surface area contributed by atoms with E-state index in [1.54, 1.807) is 13.0 Å². The largest absolute Gasteiger partial charge is 0.492 e. The third-order valence-electron chi connectivity index (χ3n) is 2.73. The van der Waals surface area contributed by atoms with Gasteiger partial charge in [-0.2, -0.15) is 5.10 Å². The lowest BCUT2D eigenvalue weighted by atomic mass is 10.3. The molecular weight excluding hydrogens is 275 g/mol. The van der Waals surface area contributed by atoms with Gasteiger partial charge in [0.15, 0.2) is 0 Å². The second kappa shape index (κ2) is 6.74. The molecule has 1 aromatic heterocycles. The average Bonchev–Trinajstić information content (AvgIpc) is 2.75. The minimum absolute atomic E-state index is 0.0657. The first-order chi connectivity index (χ1) is 10.0. The molecule has 1 aromatic carbocycles. The van der Waals surface area contributed by atoms with Crippen LogP contribution in [0, 0.1) is 12.7 Å². The Morgan fingerprint density at radius 2 is 2.14 bits per heavy atom. The Balaban J connectivity index is 1.70. The van der Waals surface area contributed by atoms with Crippen LogP contribution in [0.4, 0.5) is 10.2 Å². The van der Waals surface area contributed by atoms with Gasteiger partial charge in [0.05, 0.1) is 12.2 Å². The van der Waals surface area contributed by atoms with Crippen LogP contribution in [0.1, 0.15) is 5.69 Å². The Kier molecular flexibility index (Phi) is 4.76. The van der Waals surface area contributed by atoms with Gasteiger partial charge in [-0.3, -0.25) is 4.79 Å². The fourth-order valence-corrected chi connectivity index (χ4v) is 1.77. The van der Waals surface area contributed by atoms with E-state index in [1.807, 2.05) is 0 Å². The molecule has 0 saturated heterocycles. The van der Waals surface area contributed by atoms with Crippen LogP contribution in [0.2, 0.25) is 0 Å². The number of nitrogen functional groups attached to an aromatic ring is 1. The molecular formula is C14H17FN4O2. The van der Waals surface area contributed by atoms with Crippen molar-refractivity contribution in [1.82, 2.24) is 15.1 Å². The molecule has 0 radical (unpaired) electrons. The number of carbonyl (C=O) groups is 1. The second-order valence-electron chi connectivity index (χ2n) is 4.52. The Morgan fingerprint density at radius 3 is 2.76 bits per heavy atom. The number of aromatic nitrogens is 2. The smallest absolute Gasteiger partial charge is 0.241 e. The molecule has 0 saturated carbocycles. The molecule has 0 spiro atoms. The Morgan fingerprint density at radius 1 is 1.43 bits per heavy atom. The zero-order chi connectivity index (χ0) is 15.2. The quantitative estimate of drug-likeness (QED) is 0.781. The van der Waals surface area contributed by atoms with E-state index in [4.69, 9.17) is 10.5 Å². The van der Waals surface area contributed by atoms with Crippen LogP contribution < -0.4 is 15.8 Å². The van der Waals surface area contributed by atoms with Gasteiger partial charge in [0.2, 0.25) is 5.91 Å². The van der Waals surface area contributed by atoms with Crippen LogP contribution >= 0.6 is 0 Å². The molecule has 0 fully saturated rings. The number of anilines is 1. The number of aryl methyl sites for hydroxylation is 1. The maximum Gasteiger partial charge on any atom is 0.241 e. The molecule has 1 amide bonds. The zero-order valence-corrected chi connectivity index (χ0v) is 11.7. The Bertz CT molecular complexity index is 610. The van der Waals surface area contributed by atoms with Crippen LogP contribution in [0.3, 0.4) is 0 Å². The van der Waals surface area contributed by atoms with Gasteiger partial charge in [0, 0.05) is 6.07 Å². The Labute approximate surface area is 121 Å². The van der Waals surface area contributed by atoms with Crippen molar-refractivity contribution in [1.29, 1.82) is 0 Å². The number of nitrogens with zero attached hydrogens (tertiary/aromatic N) is 2. The molecule has 0 unspecified atom stereocenters. The summed E-state index contributed by atoms with van der Waals surface area (Å²) in [5.41, 5.74) is 6.46. The van der Waals surface area contributed by atoms with Crippen molar-refractivity contribution in [3.8, 4) is 5.75 Å². The predicted molar refractivity (Wildman–Crippen MR) is 76.3 cm³/mol. The van der Waals surface area contributed by atoms with E-state index >= 15 is 0 Å². The number of hydrogen-bond donors (Lipinski definition) is 2. The predicted octanol–water partition coefficient (Wildman–Crippen LogP) is 1.11. The number of benzene rings is 1. The molecule has 112 valence electrons. The number of amides is 1. The zero-order valence-electron chi connectivity index (χ0n) is 11.7. The number of nitrogens with one attached hydrogen (secondary N) is 1. The van der Waals surface area contributed by atoms with Crippen molar-refractivity contribution in [2.75, 3.05) is 18.9 Å².